The highest BCUT2D eigenvalue weighted by atomic mass is 19.2. The van der Waals surface area contributed by atoms with E-state index < -0.39 is 17.5 Å². The summed E-state index contributed by atoms with van der Waals surface area (Å²) in [6.45, 7) is 1.77. The first kappa shape index (κ1) is 12.1. The van der Waals surface area contributed by atoms with Crippen molar-refractivity contribution >= 4 is 16.8 Å². The molecular formula is C13H10F2N2O. The number of carbonyl (C=O) groups is 1. The van der Waals surface area contributed by atoms with E-state index in [2.05, 4.69) is 22.1 Å². The largest absolute Gasteiger partial charge is 0.361 e. The number of hydrogen-bond donors (Lipinski definition) is 2. The molecule has 0 bridgehead atoms. The second-order valence-electron chi connectivity index (χ2n) is 3.68. The van der Waals surface area contributed by atoms with Crippen LogP contribution in [0.1, 0.15) is 12.5 Å². The summed E-state index contributed by atoms with van der Waals surface area (Å²) < 4.78 is 26.1. The quantitative estimate of drug-likeness (QED) is 0.785. The van der Waals surface area contributed by atoms with E-state index >= 15 is 0 Å². The van der Waals surface area contributed by atoms with Crippen LogP contribution < -0.4 is 5.32 Å². The lowest BCUT2D eigenvalue weighted by molar-refractivity contribution is -0.115. The van der Waals surface area contributed by atoms with Crippen LogP contribution in [0.2, 0.25) is 0 Å². The Kier molecular flexibility index (Phi) is 3.28. The number of carbonyl (C=O) groups excluding carboxylic acids is 1. The van der Waals surface area contributed by atoms with Crippen LogP contribution in [0.5, 0.6) is 0 Å². The van der Waals surface area contributed by atoms with Gasteiger partial charge in [0.25, 0.3) is 5.91 Å². The smallest absolute Gasteiger partial charge is 0.296 e. The van der Waals surface area contributed by atoms with Crippen molar-refractivity contribution in [2.24, 2.45) is 0 Å². The van der Waals surface area contributed by atoms with Gasteiger partial charge in [-0.1, -0.05) is 5.92 Å². The fraction of sp³-hybridized carbons (Fsp3) is 0.154. The lowest BCUT2D eigenvalue weighted by atomic mass is 10.1. The Balaban J connectivity index is 2.26. The molecule has 0 aliphatic heterocycles. The highest BCUT2D eigenvalue weighted by molar-refractivity contribution is 5.93. The van der Waals surface area contributed by atoms with E-state index in [1.54, 1.807) is 13.1 Å². The molecule has 2 aromatic rings. The van der Waals surface area contributed by atoms with Crippen molar-refractivity contribution in [3.63, 3.8) is 0 Å². The van der Waals surface area contributed by atoms with E-state index in [4.69, 9.17) is 0 Å². The second-order valence-corrected chi connectivity index (χ2v) is 3.68. The van der Waals surface area contributed by atoms with Crippen molar-refractivity contribution in [2.75, 3.05) is 0 Å². The van der Waals surface area contributed by atoms with Crippen LogP contribution in [-0.2, 0) is 11.3 Å². The highest BCUT2D eigenvalue weighted by Crippen LogP contribution is 2.21. The minimum Gasteiger partial charge on any atom is -0.361 e. The number of hydrogen-bond acceptors (Lipinski definition) is 1. The van der Waals surface area contributed by atoms with Gasteiger partial charge in [-0.3, -0.25) is 4.79 Å². The van der Waals surface area contributed by atoms with Gasteiger partial charge in [0, 0.05) is 29.7 Å². The lowest BCUT2D eigenvalue weighted by Gasteiger charge is -2.00. The third-order valence-corrected chi connectivity index (χ3v) is 2.49. The molecule has 0 fully saturated rings. The monoisotopic (exact) mass is 248 g/mol. The molecule has 0 saturated carbocycles. The topological polar surface area (TPSA) is 44.9 Å². The average molecular weight is 248 g/mol. The van der Waals surface area contributed by atoms with Gasteiger partial charge < -0.3 is 10.3 Å². The number of rotatable bonds is 2. The molecule has 0 atom stereocenters. The summed E-state index contributed by atoms with van der Waals surface area (Å²) in [4.78, 5) is 14.0. The molecule has 5 heteroatoms. The predicted octanol–water partition coefficient (Wildman–Crippen LogP) is 2.09. The Labute approximate surface area is 102 Å². The van der Waals surface area contributed by atoms with E-state index in [0.717, 1.165) is 12.1 Å². The Bertz CT molecular complexity index is 665. The van der Waals surface area contributed by atoms with Crippen molar-refractivity contribution in [3.05, 3.63) is 35.5 Å². The maximum atomic E-state index is 13.1. The first-order valence-corrected chi connectivity index (χ1v) is 5.27. The highest BCUT2D eigenvalue weighted by Gasteiger charge is 2.09. The summed E-state index contributed by atoms with van der Waals surface area (Å²) in [5, 5.41) is 3.10. The van der Waals surface area contributed by atoms with Crippen molar-refractivity contribution in [1.29, 1.82) is 0 Å². The molecule has 92 valence electrons. The van der Waals surface area contributed by atoms with E-state index in [-0.39, 0.29) is 6.54 Å². The summed E-state index contributed by atoms with van der Waals surface area (Å²) in [5.41, 5.74) is 1.16. The van der Waals surface area contributed by atoms with Crippen molar-refractivity contribution < 1.29 is 13.6 Å². The van der Waals surface area contributed by atoms with Crippen LogP contribution >= 0.6 is 0 Å². The zero-order chi connectivity index (χ0) is 13.1. The standard InChI is InChI=1S/C13H10F2N2O/c1-2-3-13(18)17-7-8-6-16-12-5-11(15)10(14)4-9(8)12/h4-6,16H,7H2,1H3,(H,17,18). The second kappa shape index (κ2) is 4.88. The Hall–Kier alpha value is -2.35. The molecule has 3 nitrogen and oxygen atoms in total. The zero-order valence-corrected chi connectivity index (χ0v) is 9.60. The Morgan fingerprint density at radius 2 is 2.11 bits per heavy atom. The zero-order valence-electron chi connectivity index (χ0n) is 9.60. The van der Waals surface area contributed by atoms with Crippen LogP contribution in [0.4, 0.5) is 8.78 Å². The van der Waals surface area contributed by atoms with E-state index in [1.807, 2.05) is 0 Å². The van der Waals surface area contributed by atoms with Crippen LogP contribution in [0.3, 0.4) is 0 Å². The van der Waals surface area contributed by atoms with Gasteiger partial charge in [0.05, 0.1) is 0 Å². The maximum absolute atomic E-state index is 13.1. The van der Waals surface area contributed by atoms with Gasteiger partial charge in [-0.2, -0.15) is 0 Å². The third kappa shape index (κ3) is 2.33. The van der Waals surface area contributed by atoms with Crippen LogP contribution in [0, 0.1) is 23.5 Å². The van der Waals surface area contributed by atoms with Gasteiger partial charge in [0.15, 0.2) is 11.6 Å². The molecule has 1 amide bonds. The third-order valence-electron chi connectivity index (χ3n) is 2.49. The molecule has 0 spiro atoms. The summed E-state index contributed by atoms with van der Waals surface area (Å²) in [6, 6.07) is 2.19. The van der Waals surface area contributed by atoms with Crippen LogP contribution in [0.25, 0.3) is 10.9 Å². The fourth-order valence-corrected chi connectivity index (χ4v) is 1.65. The minimum absolute atomic E-state index is 0.207. The van der Waals surface area contributed by atoms with Gasteiger partial charge in [0.2, 0.25) is 0 Å². The van der Waals surface area contributed by atoms with E-state index in [0.29, 0.717) is 16.5 Å². The molecule has 0 unspecified atom stereocenters. The molecule has 0 aliphatic rings. The lowest BCUT2D eigenvalue weighted by Crippen LogP contribution is -2.20. The number of nitrogens with one attached hydrogen (secondary N) is 2. The first-order valence-electron chi connectivity index (χ1n) is 5.27. The number of benzene rings is 1. The van der Waals surface area contributed by atoms with Gasteiger partial charge in [0.1, 0.15) is 0 Å². The van der Waals surface area contributed by atoms with Crippen molar-refractivity contribution in [1.82, 2.24) is 10.3 Å². The predicted molar refractivity (Wildman–Crippen MR) is 63.5 cm³/mol. The van der Waals surface area contributed by atoms with Crippen molar-refractivity contribution in [2.45, 2.75) is 13.5 Å². The van der Waals surface area contributed by atoms with Gasteiger partial charge in [-0.05, 0) is 24.5 Å². The molecule has 2 N–H and O–H groups in total. The number of fused-ring (bicyclic) bond motifs is 1. The number of halogens is 2. The fourth-order valence-electron chi connectivity index (χ4n) is 1.65. The number of H-pyrrole nitrogens is 1. The number of amides is 1. The average Bonchev–Trinajstić information content (AvgIpc) is 2.70. The molecule has 0 radical (unpaired) electrons. The molecule has 1 aromatic heterocycles. The summed E-state index contributed by atoms with van der Waals surface area (Å²) in [7, 11) is 0. The molecule has 1 aromatic carbocycles. The number of aromatic amines is 1. The summed E-state index contributed by atoms with van der Waals surface area (Å²) in [6.07, 6.45) is 1.60. The summed E-state index contributed by atoms with van der Waals surface area (Å²) in [5.74, 6) is 2.58. The minimum atomic E-state index is -0.914. The Morgan fingerprint density at radius 1 is 1.39 bits per heavy atom. The van der Waals surface area contributed by atoms with Crippen molar-refractivity contribution in [3.8, 4) is 11.8 Å². The van der Waals surface area contributed by atoms with E-state index in [1.165, 1.54) is 0 Å². The number of aromatic nitrogens is 1. The van der Waals surface area contributed by atoms with Crippen LogP contribution in [-0.4, -0.2) is 10.9 Å². The molecular weight excluding hydrogens is 238 g/mol. The molecule has 1 heterocycles. The SMILES string of the molecule is CC#CC(=O)NCc1c[nH]c2cc(F)c(F)cc12. The molecule has 18 heavy (non-hydrogen) atoms. The molecule has 0 saturated heterocycles. The van der Waals surface area contributed by atoms with Gasteiger partial charge in [-0.25, -0.2) is 8.78 Å². The summed E-state index contributed by atoms with van der Waals surface area (Å²) >= 11 is 0. The maximum Gasteiger partial charge on any atom is 0.296 e. The van der Waals surface area contributed by atoms with Gasteiger partial charge in [-0.15, -0.1) is 0 Å². The first-order chi connectivity index (χ1) is 8.61. The molecule has 2 rings (SSSR count). The molecule has 0 aliphatic carbocycles. The van der Waals surface area contributed by atoms with E-state index in [9.17, 15) is 13.6 Å². The van der Waals surface area contributed by atoms with Crippen LogP contribution in [0.15, 0.2) is 18.3 Å². The normalized spacial score (nSPS) is 9.94. The Morgan fingerprint density at radius 3 is 2.83 bits per heavy atom. The van der Waals surface area contributed by atoms with Gasteiger partial charge >= 0.3 is 0 Å².